The van der Waals surface area contributed by atoms with Gasteiger partial charge in [0.25, 0.3) is 0 Å². The molecule has 1 aromatic rings. The molecule has 2 aliphatic rings. The minimum atomic E-state index is -0.703. The normalized spacial score (nSPS) is 22.3. The molecule has 0 spiro atoms. The quantitative estimate of drug-likeness (QED) is 0.807. The third-order valence-electron chi connectivity index (χ3n) is 4.69. The second-order valence-electron chi connectivity index (χ2n) is 6.69. The SMILES string of the molecule is CN1/C(=N/C2CCCCC2)SCC1CC(=O)Nc1cc(F)cc(F)c1.Cl. The Kier molecular flexibility index (Phi) is 7.70. The van der Waals surface area contributed by atoms with Crippen molar-refractivity contribution in [3.8, 4) is 0 Å². The van der Waals surface area contributed by atoms with Crippen LogP contribution in [0.2, 0.25) is 0 Å². The van der Waals surface area contributed by atoms with E-state index in [-0.39, 0.29) is 36.5 Å². The Labute approximate surface area is 163 Å². The molecule has 4 nitrogen and oxygen atoms in total. The highest BCUT2D eigenvalue weighted by molar-refractivity contribution is 8.14. The lowest BCUT2D eigenvalue weighted by Crippen LogP contribution is -2.34. The fraction of sp³-hybridized carbons (Fsp3) is 0.556. The molecule has 2 fully saturated rings. The smallest absolute Gasteiger partial charge is 0.226 e. The van der Waals surface area contributed by atoms with Crippen LogP contribution in [0.1, 0.15) is 38.5 Å². The molecule has 3 rings (SSSR count). The Hall–Kier alpha value is -1.34. The van der Waals surface area contributed by atoms with Crippen molar-refractivity contribution in [2.24, 2.45) is 4.99 Å². The van der Waals surface area contributed by atoms with Crippen LogP contribution in [0.15, 0.2) is 23.2 Å². The van der Waals surface area contributed by atoms with Crippen LogP contribution in [0.4, 0.5) is 14.5 Å². The molecule has 1 atom stereocenters. The lowest BCUT2D eigenvalue weighted by atomic mass is 9.96. The van der Waals surface area contributed by atoms with Crippen molar-refractivity contribution in [1.82, 2.24) is 4.90 Å². The number of hydrogen-bond acceptors (Lipinski definition) is 3. The highest BCUT2D eigenvalue weighted by Gasteiger charge is 2.30. The molecule has 8 heteroatoms. The van der Waals surface area contributed by atoms with E-state index >= 15 is 0 Å². The number of anilines is 1. The summed E-state index contributed by atoms with van der Waals surface area (Å²) in [5.41, 5.74) is 0.145. The van der Waals surface area contributed by atoms with Crippen LogP contribution in [0, 0.1) is 11.6 Å². The van der Waals surface area contributed by atoms with Crippen molar-refractivity contribution < 1.29 is 13.6 Å². The van der Waals surface area contributed by atoms with Gasteiger partial charge in [0.15, 0.2) is 5.17 Å². The molecule has 1 unspecified atom stereocenters. The Morgan fingerprint density at radius 2 is 1.88 bits per heavy atom. The number of nitrogens with one attached hydrogen (secondary N) is 1. The van der Waals surface area contributed by atoms with E-state index in [1.54, 1.807) is 11.8 Å². The second-order valence-corrected chi connectivity index (χ2v) is 7.68. The number of nitrogens with zero attached hydrogens (tertiary/aromatic N) is 2. The standard InChI is InChI=1S/C18H23F2N3OS.ClH/c1-23-16(11-25-18(23)22-14-5-3-2-4-6-14)10-17(24)21-15-8-12(19)7-13(20)9-15;/h7-9,14,16H,2-6,10-11H2,1H3,(H,21,24);1H/b22-18-;. The average molecular weight is 404 g/mol. The lowest BCUT2D eigenvalue weighted by molar-refractivity contribution is -0.116. The van der Waals surface area contributed by atoms with E-state index in [9.17, 15) is 13.6 Å². The van der Waals surface area contributed by atoms with E-state index in [0.29, 0.717) is 6.04 Å². The molecule has 144 valence electrons. The molecule has 1 N–H and O–H groups in total. The van der Waals surface area contributed by atoms with Crippen LogP contribution in [-0.2, 0) is 4.79 Å². The number of aliphatic imine (C=N–C) groups is 1. The maximum Gasteiger partial charge on any atom is 0.226 e. The van der Waals surface area contributed by atoms with E-state index in [4.69, 9.17) is 4.99 Å². The first kappa shape index (κ1) is 21.0. The van der Waals surface area contributed by atoms with Crippen LogP contribution in [0.25, 0.3) is 0 Å². The largest absolute Gasteiger partial charge is 0.350 e. The summed E-state index contributed by atoms with van der Waals surface area (Å²) in [5.74, 6) is -0.856. The van der Waals surface area contributed by atoms with Gasteiger partial charge in [0.05, 0.1) is 6.04 Å². The van der Waals surface area contributed by atoms with Gasteiger partial charge in [0, 0.05) is 37.0 Å². The highest BCUT2D eigenvalue weighted by atomic mass is 35.5. The van der Waals surface area contributed by atoms with Gasteiger partial charge in [-0.2, -0.15) is 0 Å². The highest BCUT2D eigenvalue weighted by Crippen LogP contribution is 2.28. The zero-order valence-corrected chi connectivity index (χ0v) is 16.3. The molecule has 0 aromatic heterocycles. The number of hydrogen-bond donors (Lipinski definition) is 1. The van der Waals surface area contributed by atoms with E-state index in [2.05, 4.69) is 10.2 Å². The van der Waals surface area contributed by atoms with Gasteiger partial charge in [-0.05, 0) is 25.0 Å². The van der Waals surface area contributed by atoms with Gasteiger partial charge >= 0.3 is 0 Å². The summed E-state index contributed by atoms with van der Waals surface area (Å²) in [5, 5.41) is 3.57. The minimum Gasteiger partial charge on any atom is -0.350 e. The number of thioether (sulfide) groups is 1. The van der Waals surface area contributed by atoms with Crippen molar-refractivity contribution in [1.29, 1.82) is 0 Å². The minimum absolute atomic E-state index is 0. The van der Waals surface area contributed by atoms with Gasteiger partial charge in [-0.25, -0.2) is 8.78 Å². The van der Waals surface area contributed by atoms with Crippen LogP contribution in [0.3, 0.4) is 0 Å². The third kappa shape index (κ3) is 5.58. The zero-order valence-electron chi connectivity index (χ0n) is 14.7. The van der Waals surface area contributed by atoms with Crippen LogP contribution >= 0.6 is 24.2 Å². The van der Waals surface area contributed by atoms with Crippen LogP contribution < -0.4 is 5.32 Å². The monoisotopic (exact) mass is 403 g/mol. The van der Waals surface area contributed by atoms with Crippen molar-refractivity contribution in [3.63, 3.8) is 0 Å². The number of amides is 1. The Morgan fingerprint density at radius 1 is 1.23 bits per heavy atom. The van der Waals surface area contributed by atoms with E-state index < -0.39 is 11.6 Å². The first-order valence-electron chi connectivity index (χ1n) is 8.70. The first-order chi connectivity index (χ1) is 12.0. The molecule has 1 heterocycles. The molecule has 0 radical (unpaired) electrons. The van der Waals surface area contributed by atoms with Crippen LogP contribution in [0.5, 0.6) is 0 Å². The third-order valence-corrected chi connectivity index (χ3v) is 5.89. The Morgan fingerprint density at radius 3 is 2.54 bits per heavy atom. The fourth-order valence-corrected chi connectivity index (χ4v) is 4.54. The molecule has 26 heavy (non-hydrogen) atoms. The van der Waals surface area contributed by atoms with Gasteiger partial charge in [0.1, 0.15) is 11.6 Å². The predicted octanol–water partition coefficient (Wildman–Crippen LogP) is 4.45. The van der Waals surface area contributed by atoms with E-state index in [1.807, 2.05) is 7.05 Å². The summed E-state index contributed by atoms with van der Waals surface area (Å²) < 4.78 is 26.4. The molecular weight excluding hydrogens is 380 g/mol. The van der Waals surface area contributed by atoms with Gasteiger partial charge in [0.2, 0.25) is 5.91 Å². The van der Waals surface area contributed by atoms with Gasteiger partial charge in [-0.1, -0.05) is 31.0 Å². The molecular formula is C18H24ClF2N3OS. The van der Waals surface area contributed by atoms with Crippen LogP contribution in [-0.4, -0.2) is 40.9 Å². The molecule has 1 saturated carbocycles. The van der Waals surface area contributed by atoms with E-state index in [1.165, 1.54) is 19.3 Å². The van der Waals surface area contributed by atoms with Crippen molar-refractivity contribution in [2.75, 3.05) is 18.1 Å². The van der Waals surface area contributed by atoms with Gasteiger partial charge in [-0.3, -0.25) is 9.79 Å². The second kappa shape index (κ2) is 9.55. The molecule has 0 bridgehead atoms. The summed E-state index contributed by atoms with van der Waals surface area (Å²) in [6.07, 6.45) is 6.35. The molecule has 1 saturated heterocycles. The first-order valence-corrected chi connectivity index (χ1v) is 9.69. The zero-order chi connectivity index (χ0) is 17.8. The number of carbonyl (C=O) groups is 1. The molecule has 1 aliphatic carbocycles. The molecule has 1 aromatic carbocycles. The average Bonchev–Trinajstić information content (AvgIpc) is 2.88. The predicted molar refractivity (Wildman–Crippen MR) is 105 cm³/mol. The molecule has 1 aliphatic heterocycles. The summed E-state index contributed by atoms with van der Waals surface area (Å²) in [6.45, 7) is 0. The summed E-state index contributed by atoms with van der Waals surface area (Å²) in [4.78, 5) is 19.1. The van der Waals surface area contributed by atoms with Gasteiger partial charge < -0.3 is 10.2 Å². The topological polar surface area (TPSA) is 44.7 Å². The fourth-order valence-electron chi connectivity index (χ4n) is 3.28. The summed E-state index contributed by atoms with van der Waals surface area (Å²) in [6, 6.07) is 3.46. The summed E-state index contributed by atoms with van der Waals surface area (Å²) >= 11 is 1.68. The maximum atomic E-state index is 13.2. The number of benzene rings is 1. The van der Waals surface area contributed by atoms with Crippen molar-refractivity contribution >= 4 is 40.9 Å². The van der Waals surface area contributed by atoms with Crippen molar-refractivity contribution in [3.05, 3.63) is 29.8 Å². The number of carbonyl (C=O) groups excluding carboxylic acids is 1. The van der Waals surface area contributed by atoms with Gasteiger partial charge in [-0.15, -0.1) is 12.4 Å². The lowest BCUT2D eigenvalue weighted by Gasteiger charge is -2.23. The number of rotatable bonds is 4. The van der Waals surface area contributed by atoms with E-state index in [0.717, 1.165) is 42.0 Å². The number of halogens is 3. The molecule has 1 amide bonds. The Balaban J connectivity index is 0.00000243. The van der Waals surface area contributed by atoms with Crippen molar-refractivity contribution in [2.45, 2.75) is 50.6 Å². The number of amidine groups is 1. The Bertz CT molecular complexity index is 648. The maximum absolute atomic E-state index is 13.2. The summed E-state index contributed by atoms with van der Waals surface area (Å²) in [7, 11) is 1.96.